The third-order valence-electron chi connectivity index (χ3n) is 3.12. The first kappa shape index (κ1) is 19.5. The Morgan fingerprint density at radius 2 is 2.17 bits per heavy atom. The highest BCUT2D eigenvalue weighted by atomic mass is 127. The van der Waals surface area contributed by atoms with Crippen molar-refractivity contribution in [2.24, 2.45) is 12.0 Å². The molecule has 2 heterocycles. The highest BCUT2D eigenvalue weighted by molar-refractivity contribution is 14.0. The summed E-state index contributed by atoms with van der Waals surface area (Å²) >= 11 is 0. The minimum Gasteiger partial charge on any atom is -0.359 e. The van der Waals surface area contributed by atoms with E-state index >= 15 is 0 Å². The van der Waals surface area contributed by atoms with Crippen molar-refractivity contribution in [1.82, 2.24) is 25.6 Å². The lowest BCUT2D eigenvalue weighted by molar-refractivity contribution is 0.372. The summed E-state index contributed by atoms with van der Waals surface area (Å²) in [5.74, 6) is 1.91. The zero-order valence-electron chi connectivity index (χ0n) is 14.0. The number of nitrogens with one attached hydrogen (secondary N) is 2. The van der Waals surface area contributed by atoms with Crippen LogP contribution < -0.4 is 10.6 Å². The second kappa shape index (κ2) is 9.53. The van der Waals surface area contributed by atoms with E-state index in [2.05, 4.69) is 39.7 Å². The molecule has 8 heteroatoms. The van der Waals surface area contributed by atoms with E-state index in [4.69, 9.17) is 4.52 Å². The SMILES string of the molecule is CCNC(=NCc1cnn(C)c1)NCc1cc(C(C)C)no1.I. The molecular formula is C15H25IN6O. The van der Waals surface area contributed by atoms with Crippen LogP contribution in [-0.2, 0) is 20.1 Å². The van der Waals surface area contributed by atoms with E-state index in [1.807, 2.05) is 32.4 Å². The molecule has 0 saturated carbocycles. The van der Waals surface area contributed by atoms with Crippen molar-refractivity contribution in [3.8, 4) is 0 Å². The largest absolute Gasteiger partial charge is 0.359 e. The molecule has 128 valence electrons. The first-order valence-electron chi connectivity index (χ1n) is 7.53. The van der Waals surface area contributed by atoms with Gasteiger partial charge in [-0.05, 0) is 12.8 Å². The molecule has 0 unspecified atom stereocenters. The fourth-order valence-corrected chi connectivity index (χ4v) is 1.92. The van der Waals surface area contributed by atoms with Crippen molar-refractivity contribution in [3.05, 3.63) is 35.5 Å². The summed E-state index contributed by atoms with van der Waals surface area (Å²) in [6, 6.07) is 1.97. The monoisotopic (exact) mass is 432 g/mol. The molecule has 7 nitrogen and oxygen atoms in total. The lowest BCUT2D eigenvalue weighted by Crippen LogP contribution is -2.36. The maximum Gasteiger partial charge on any atom is 0.191 e. The molecule has 2 rings (SSSR count). The number of aryl methyl sites for hydroxylation is 1. The number of aromatic nitrogens is 3. The minimum absolute atomic E-state index is 0. The van der Waals surface area contributed by atoms with Gasteiger partial charge in [-0.25, -0.2) is 4.99 Å². The van der Waals surface area contributed by atoms with Crippen molar-refractivity contribution in [2.45, 2.75) is 39.8 Å². The highest BCUT2D eigenvalue weighted by Crippen LogP contribution is 2.13. The Labute approximate surface area is 153 Å². The zero-order valence-corrected chi connectivity index (χ0v) is 16.4. The summed E-state index contributed by atoms with van der Waals surface area (Å²) in [5.41, 5.74) is 2.04. The Morgan fingerprint density at radius 3 is 2.74 bits per heavy atom. The third kappa shape index (κ3) is 6.20. The van der Waals surface area contributed by atoms with Crippen LogP contribution in [0.3, 0.4) is 0 Å². The van der Waals surface area contributed by atoms with Gasteiger partial charge >= 0.3 is 0 Å². The molecule has 0 atom stereocenters. The number of nitrogens with zero attached hydrogens (tertiary/aromatic N) is 4. The van der Waals surface area contributed by atoms with Crippen molar-refractivity contribution >= 4 is 29.9 Å². The van der Waals surface area contributed by atoms with E-state index in [1.165, 1.54) is 0 Å². The molecule has 23 heavy (non-hydrogen) atoms. The van der Waals surface area contributed by atoms with Gasteiger partial charge in [-0.1, -0.05) is 19.0 Å². The van der Waals surface area contributed by atoms with E-state index in [1.54, 1.807) is 4.68 Å². The zero-order chi connectivity index (χ0) is 15.9. The molecule has 0 aliphatic rings. The standard InChI is InChI=1S/C15H24N6O.HI/c1-5-16-15(17-7-12-8-19-21(4)10-12)18-9-13-6-14(11(2)3)20-22-13;/h6,8,10-11H,5,7,9H2,1-4H3,(H2,16,17,18);1H. The maximum atomic E-state index is 5.31. The molecule has 0 aliphatic carbocycles. The van der Waals surface area contributed by atoms with E-state index in [0.29, 0.717) is 19.0 Å². The Bertz CT molecular complexity index is 619. The number of aliphatic imine (C=N–C) groups is 1. The average molecular weight is 432 g/mol. The maximum absolute atomic E-state index is 5.31. The predicted molar refractivity (Wildman–Crippen MR) is 101 cm³/mol. The summed E-state index contributed by atoms with van der Waals surface area (Å²) in [4.78, 5) is 4.53. The minimum atomic E-state index is 0. The fraction of sp³-hybridized carbons (Fsp3) is 0.533. The van der Waals surface area contributed by atoms with Crippen LogP contribution in [0.1, 0.15) is 43.7 Å². The second-order valence-corrected chi connectivity index (χ2v) is 5.44. The van der Waals surface area contributed by atoms with Gasteiger partial charge in [-0.3, -0.25) is 4.68 Å². The molecule has 0 spiro atoms. The number of guanidine groups is 1. The van der Waals surface area contributed by atoms with Crippen LogP contribution in [0.5, 0.6) is 0 Å². The van der Waals surface area contributed by atoms with Gasteiger partial charge < -0.3 is 15.2 Å². The van der Waals surface area contributed by atoms with Gasteiger partial charge in [-0.15, -0.1) is 24.0 Å². The molecule has 2 aromatic rings. The first-order chi connectivity index (χ1) is 10.6. The highest BCUT2D eigenvalue weighted by Gasteiger charge is 2.08. The van der Waals surface area contributed by atoms with E-state index in [9.17, 15) is 0 Å². The van der Waals surface area contributed by atoms with Crippen molar-refractivity contribution in [1.29, 1.82) is 0 Å². The molecule has 0 bridgehead atoms. The van der Waals surface area contributed by atoms with E-state index in [0.717, 1.165) is 29.5 Å². The third-order valence-corrected chi connectivity index (χ3v) is 3.12. The molecule has 2 N–H and O–H groups in total. The van der Waals surface area contributed by atoms with Gasteiger partial charge in [0.25, 0.3) is 0 Å². The normalized spacial score (nSPS) is 11.4. The number of halogens is 1. The molecule has 0 radical (unpaired) electrons. The fourth-order valence-electron chi connectivity index (χ4n) is 1.92. The number of hydrogen-bond acceptors (Lipinski definition) is 4. The van der Waals surface area contributed by atoms with Gasteiger partial charge in [0, 0.05) is 31.4 Å². The summed E-state index contributed by atoms with van der Waals surface area (Å²) in [7, 11) is 1.90. The molecular weight excluding hydrogens is 407 g/mol. The lowest BCUT2D eigenvalue weighted by atomic mass is 10.1. The quantitative estimate of drug-likeness (QED) is 0.417. The first-order valence-corrected chi connectivity index (χ1v) is 7.53. The van der Waals surface area contributed by atoms with Crippen molar-refractivity contribution in [3.63, 3.8) is 0 Å². The van der Waals surface area contributed by atoms with Crippen LogP contribution in [0, 0.1) is 0 Å². The number of rotatable bonds is 6. The summed E-state index contributed by atoms with van der Waals surface area (Å²) < 4.78 is 7.08. The Hall–Kier alpha value is -1.58. The van der Waals surface area contributed by atoms with Crippen molar-refractivity contribution in [2.75, 3.05) is 6.54 Å². The molecule has 0 saturated heterocycles. The van der Waals surface area contributed by atoms with Crippen LogP contribution in [0.2, 0.25) is 0 Å². The topological polar surface area (TPSA) is 80.3 Å². The Kier molecular flexibility index (Phi) is 8.07. The van der Waals surface area contributed by atoms with Gasteiger partial charge in [0.05, 0.1) is 25.0 Å². The molecule has 0 aromatic carbocycles. The van der Waals surface area contributed by atoms with Crippen LogP contribution in [0.15, 0.2) is 28.0 Å². The van der Waals surface area contributed by atoms with Crippen LogP contribution >= 0.6 is 24.0 Å². The number of hydrogen-bond donors (Lipinski definition) is 2. The molecule has 2 aromatic heterocycles. The smallest absolute Gasteiger partial charge is 0.191 e. The summed E-state index contributed by atoms with van der Waals surface area (Å²) in [5, 5.41) is 14.6. The molecule has 0 amide bonds. The van der Waals surface area contributed by atoms with Crippen LogP contribution in [0.25, 0.3) is 0 Å². The lowest BCUT2D eigenvalue weighted by Gasteiger charge is -2.09. The summed E-state index contributed by atoms with van der Waals surface area (Å²) in [6.45, 7) is 8.15. The Balaban J connectivity index is 0.00000264. The van der Waals surface area contributed by atoms with Crippen LogP contribution in [0.4, 0.5) is 0 Å². The van der Waals surface area contributed by atoms with E-state index < -0.39 is 0 Å². The molecule has 0 fully saturated rings. The molecule has 0 aliphatic heterocycles. The van der Waals surface area contributed by atoms with Gasteiger partial charge in [-0.2, -0.15) is 5.10 Å². The van der Waals surface area contributed by atoms with Gasteiger partial charge in [0.15, 0.2) is 11.7 Å². The van der Waals surface area contributed by atoms with Gasteiger partial charge in [0.1, 0.15) is 0 Å². The van der Waals surface area contributed by atoms with Crippen LogP contribution in [-0.4, -0.2) is 27.4 Å². The predicted octanol–water partition coefficient (Wildman–Crippen LogP) is 2.40. The van der Waals surface area contributed by atoms with Gasteiger partial charge in [0.2, 0.25) is 0 Å². The van der Waals surface area contributed by atoms with Crippen molar-refractivity contribution < 1.29 is 4.52 Å². The second-order valence-electron chi connectivity index (χ2n) is 5.44. The average Bonchev–Trinajstić information content (AvgIpc) is 3.11. The summed E-state index contributed by atoms with van der Waals surface area (Å²) in [6.07, 6.45) is 3.77. The van der Waals surface area contributed by atoms with E-state index in [-0.39, 0.29) is 24.0 Å². The Morgan fingerprint density at radius 1 is 1.39 bits per heavy atom.